The predicted octanol–water partition coefficient (Wildman–Crippen LogP) is 0.795. The summed E-state index contributed by atoms with van der Waals surface area (Å²) < 4.78 is 7.40. The molecule has 2 rings (SSSR count). The second-order valence-corrected chi connectivity index (χ2v) is 6.58. The monoisotopic (exact) mass is 336 g/mol. The molecule has 0 aromatic carbocycles. The summed E-state index contributed by atoms with van der Waals surface area (Å²) in [7, 11) is 1.81. The number of ether oxygens (including phenoxy) is 1. The van der Waals surface area contributed by atoms with Crippen molar-refractivity contribution in [3.63, 3.8) is 0 Å². The van der Waals surface area contributed by atoms with Gasteiger partial charge in [0.05, 0.1) is 19.8 Å². The maximum Gasteiger partial charge on any atom is 0.191 e. The Balaban J connectivity index is 1.77. The van der Waals surface area contributed by atoms with Gasteiger partial charge in [-0.1, -0.05) is 13.8 Å². The van der Waals surface area contributed by atoms with Gasteiger partial charge in [0.1, 0.15) is 0 Å². The van der Waals surface area contributed by atoms with Gasteiger partial charge in [-0.05, 0) is 18.4 Å². The highest BCUT2D eigenvalue weighted by atomic mass is 16.5. The van der Waals surface area contributed by atoms with Crippen molar-refractivity contribution in [2.24, 2.45) is 10.9 Å². The first kappa shape index (κ1) is 18.7. The summed E-state index contributed by atoms with van der Waals surface area (Å²) >= 11 is 0. The van der Waals surface area contributed by atoms with Gasteiger partial charge in [0.15, 0.2) is 5.96 Å². The number of hydrogen-bond donors (Lipinski definition) is 2. The molecule has 1 aromatic heterocycles. The Morgan fingerprint density at radius 2 is 2.08 bits per heavy atom. The van der Waals surface area contributed by atoms with Gasteiger partial charge < -0.3 is 15.4 Å². The SMILES string of the molecule is CN=C(NCCn1cccn1)NCC(CC(C)C)N1CCOCC1. The summed E-state index contributed by atoms with van der Waals surface area (Å²) in [5.41, 5.74) is 0. The molecule has 136 valence electrons. The van der Waals surface area contributed by atoms with E-state index in [-0.39, 0.29) is 0 Å². The molecule has 1 aliphatic heterocycles. The van der Waals surface area contributed by atoms with Gasteiger partial charge >= 0.3 is 0 Å². The molecular formula is C17H32N6O. The lowest BCUT2D eigenvalue weighted by Gasteiger charge is -2.35. The maximum atomic E-state index is 5.48. The minimum atomic E-state index is 0.513. The van der Waals surface area contributed by atoms with Crippen LogP contribution >= 0.6 is 0 Å². The van der Waals surface area contributed by atoms with E-state index in [0.29, 0.717) is 12.0 Å². The molecule has 7 heteroatoms. The highest BCUT2D eigenvalue weighted by Crippen LogP contribution is 2.12. The van der Waals surface area contributed by atoms with Crippen LogP contribution in [-0.4, -0.2) is 73.1 Å². The number of morpholine rings is 1. The smallest absolute Gasteiger partial charge is 0.191 e. The zero-order chi connectivity index (χ0) is 17.2. The number of rotatable bonds is 8. The number of aromatic nitrogens is 2. The van der Waals surface area contributed by atoms with Gasteiger partial charge in [-0.25, -0.2) is 0 Å². The molecule has 0 amide bonds. The van der Waals surface area contributed by atoms with Crippen molar-refractivity contribution in [1.29, 1.82) is 0 Å². The molecule has 2 heterocycles. The molecule has 1 fully saturated rings. The molecule has 1 aromatic rings. The number of nitrogens with zero attached hydrogens (tertiary/aromatic N) is 4. The van der Waals surface area contributed by atoms with Crippen LogP contribution in [0.2, 0.25) is 0 Å². The van der Waals surface area contributed by atoms with Crippen molar-refractivity contribution in [3.05, 3.63) is 18.5 Å². The van der Waals surface area contributed by atoms with E-state index in [4.69, 9.17) is 4.74 Å². The molecule has 0 saturated carbocycles. The lowest BCUT2D eigenvalue weighted by Crippen LogP contribution is -2.51. The normalized spacial score (nSPS) is 17.9. The summed E-state index contributed by atoms with van der Waals surface area (Å²) in [6, 6.07) is 2.45. The third kappa shape index (κ3) is 6.49. The fourth-order valence-electron chi connectivity index (χ4n) is 3.00. The van der Waals surface area contributed by atoms with Crippen LogP contribution in [0.4, 0.5) is 0 Å². The molecular weight excluding hydrogens is 304 g/mol. The number of hydrogen-bond acceptors (Lipinski definition) is 4. The minimum Gasteiger partial charge on any atom is -0.379 e. The highest BCUT2D eigenvalue weighted by molar-refractivity contribution is 5.79. The summed E-state index contributed by atoms with van der Waals surface area (Å²) in [4.78, 5) is 6.86. The first-order chi connectivity index (χ1) is 11.7. The summed E-state index contributed by atoms with van der Waals surface area (Å²) in [6.07, 6.45) is 4.94. The Morgan fingerprint density at radius 3 is 2.71 bits per heavy atom. The van der Waals surface area contributed by atoms with Crippen LogP contribution in [-0.2, 0) is 11.3 Å². The van der Waals surface area contributed by atoms with E-state index in [1.165, 1.54) is 6.42 Å². The van der Waals surface area contributed by atoms with Crippen LogP contribution in [0, 0.1) is 5.92 Å². The zero-order valence-electron chi connectivity index (χ0n) is 15.2. The Kier molecular flexibility index (Phi) is 8.04. The van der Waals surface area contributed by atoms with Gasteiger partial charge in [-0.3, -0.25) is 14.6 Å². The van der Waals surface area contributed by atoms with Crippen molar-refractivity contribution in [2.75, 3.05) is 46.4 Å². The summed E-state index contributed by atoms with van der Waals surface area (Å²) in [5, 5.41) is 11.0. The van der Waals surface area contributed by atoms with E-state index in [9.17, 15) is 0 Å². The van der Waals surface area contributed by atoms with E-state index >= 15 is 0 Å². The molecule has 2 N–H and O–H groups in total. The molecule has 1 atom stereocenters. The molecule has 7 nitrogen and oxygen atoms in total. The molecule has 24 heavy (non-hydrogen) atoms. The van der Waals surface area contributed by atoms with E-state index in [0.717, 1.165) is 51.9 Å². The Hall–Kier alpha value is -1.60. The largest absolute Gasteiger partial charge is 0.379 e. The summed E-state index contributed by atoms with van der Waals surface area (Å²) in [6.45, 7) is 10.8. The standard InChI is InChI=1S/C17H32N6O/c1-15(2)13-16(22-9-11-24-12-10-22)14-20-17(18-3)19-6-8-23-7-4-5-21-23/h4-5,7,15-16H,6,8-14H2,1-3H3,(H2,18,19,20). The van der Waals surface area contributed by atoms with Crippen molar-refractivity contribution in [3.8, 4) is 0 Å². The van der Waals surface area contributed by atoms with Crippen LogP contribution < -0.4 is 10.6 Å². The van der Waals surface area contributed by atoms with E-state index < -0.39 is 0 Å². The lowest BCUT2D eigenvalue weighted by molar-refractivity contribution is 0.0132. The first-order valence-electron chi connectivity index (χ1n) is 8.92. The molecule has 1 unspecified atom stereocenters. The number of aliphatic imine (C=N–C) groups is 1. The second kappa shape index (κ2) is 10.3. The fourth-order valence-corrected chi connectivity index (χ4v) is 3.00. The number of guanidine groups is 1. The van der Waals surface area contributed by atoms with Gasteiger partial charge in [0.25, 0.3) is 0 Å². The van der Waals surface area contributed by atoms with Gasteiger partial charge in [0.2, 0.25) is 0 Å². The van der Waals surface area contributed by atoms with E-state index in [1.54, 1.807) is 6.20 Å². The molecule has 1 saturated heterocycles. The highest BCUT2D eigenvalue weighted by Gasteiger charge is 2.22. The fraction of sp³-hybridized carbons (Fsp3) is 0.765. The van der Waals surface area contributed by atoms with Crippen LogP contribution in [0.1, 0.15) is 20.3 Å². The first-order valence-corrected chi connectivity index (χ1v) is 8.92. The van der Waals surface area contributed by atoms with Crippen LogP contribution in [0.25, 0.3) is 0 Å². The quantitative estimate of drug-likeness (QED) is 0.543. The van der Waals surface area contributed by atoms with Crippen LogP contribution in [0.15, 0.2) is 23.5 Å². The molecule has 0 aliphatic carbocycles. The third-order valence-electron chi connectivity index (χ3n) is 4.23. The van der Waals surface area contributed by atoms with Crippen molar-refractivity contribution < 1.29 is 4.74 Å². The van der Waals surface area contributed by atoms with Gasteiger partial charge in [-0.15, -0.1) is 0 Å². The average Bonchev–Trinajstić information content (AvgIpc) is 3.10. The number of nitrogens with one attached hydrogen (secondary N) is 2. The van der Waals surface area contributed by atoms with Crippen molar-refractivity contribution in [2.45, 2.75) is 32.9 Å². The van der Waals surface area contributed by atoms with Crippen molar-refractivity contribution >= 4 is 5.96 Å². The lowest BCUT2D eigenvalue weighted by atomic mass is 10.0. The van der Waals surface area contributed by atoms with Crippen molar-refractivity contribution in [1.82, 2.24) is 25.3 Å². The van der Waals surface area contributed by atoms with Gasteiger partial charge in [0, 0.05) is 51.7 Å². The molecule has 0 radical (unpaired) electrons. The topological polar surface area (TPSA) is 66.7 Å². The minimum absolute atomic E-state index is 0.513. The Morgan fingerprint density at radius 1 is 1.29 bits per heavy atom. The van der Waals surface area contributed by atoms with Gasteiger partial charge in [-0.2, -0.15) is 5.10 Å². The maximum absolute atomic E-state index is 5.48. The van der Waals surface area contributed by atoms with Crippen LogP contribution in [0.3, 0.4) is 0 Å². The Bertz CT molecular complexity index is 467. The second-order valence-electron chi connectivity index (χ2n) is 6.58. The summed E-state index contributed by atoms with van der Waals surface area (Å²) in [5.74, 6) is 1.53. The van der Waals surface area contributed by atoms with E-state index in [2.05, 4.69) is 39.5 Å². The van der Waals surface area contributed by atoms with Crippen LogP contribution in [0.5, 0.6) is 0 Å². The zero-order valence-corrected chi connectivity index (χ0v) is 15.2. The predicted molar refractivity (Wildman–Crippen MR) is 97.2 cm³/mol. The average molecular weight is 336 g/mol. The molecule has 1 aliphatic rings. The third-order valence-corrected chi connectivity index (χ3v) is 4.23. The van der Waals surface area contributed by atoms with E-state index in [1.807, 2.05) is 24.0 Å². The Labute approximate surface area is 145 Å². The molecule has 0 spiro atoms. The molecule has 0 bridgehead atoms.